The third-order valence-corrected chi connectivity index (χ3v) is 3.96. The van der Waals surface area contributed by atoms with Crippen molar-refractivity contribution < 1.29 is 4.79 Å². The highest BCUT2D eigenvalue weighted by Gasteiger charge is 2.30. The van der Waals surface area contributed by atoms with Gasteiger partial charge < -0.3 is 0 Å². The molecule has 1 unspecified atom stereocenters. The number of Topliss-reactive ketones (excluding diaryl/α,β-unsaturated/α-hetero) is 1. The highest BCUT2D eigenvalue weighted by atomic mass is 16.1. The second kappa shape index (κ2) is 4.85. The Bertz CT molecular complexity index is 793. The van der Waals surface area contributed by atoms with Gasteiger partial charge in [0.15, 0.2) is 17.3 Å². The van der Waals surface area contributed by atoms with Gasteiger partial charge in [-0.2, -0.15) is 10.4 Å². The number of rotatable bonds is 1. The van der Waals surface area contributed by atoms with Crippen LogP contribution in [0.3, 0.4) is 0 Å². The van der Waals surface area contributed by atoms with Crippen molar-refractivity contribution >= 4 is 26.9 Å². The molecule has 8 heteroatoms. The van der Waals surface area contributed by atoms with Crippen LogP contribution in [0.25, 0.3) is 5.82 Å². The molecule has 3 rings (SSSR count). The van der Waals surface area contributed by atoms with Crippen molar-refractivity contribution in [1.29, 1.82) is 5.26 Å². The summed E-state index contributed by atoms with van der Waals surface area (Å²) in [5, 5.41) is 21.3. The van der Waals surface area contributed by atoms with Gasteiger partial charge in [-0.1, -0.05) is 0 Å². The topological polar surface area (TPSA) is 84.5 Å². The number of aryl methyl sites for hydroxylation is 1. The molecule has 1 atom stereocenters. The molecule has 1 aliphatic carbocycles. The van der Waals surface area contributed by atoms with Crippen LogP contribution >= 0.6 is 0 Å². The standard InChI is InChI=1S/C13H13B2N5O/c1-6-12-10(3-2-7(14)13(12)21)20(19-6)11-4-8(15)9(5-16)17-18-11/h4,7H,2-3,14-15H2,1H3. The number of ketones is 1. The van der Waals surface area contributed by atoms with E-state index >= 15 is 0 Å². The van der Waals surface area contributed by atoms with E-state index in [-0.39, 0.29) is 11.6 Å². The van der Waals surface area contributed by atoms with Gasteiger partial charge in [-0.3, -0.25) is 4.79 Å². The lowest BCUT2D eigenvalue weighted by atomic mass is 9.73. The molecule has 6 nitrogen and oxygen atoms in total. The maximum Gasteiger partial charge on any atom is 0.175 e. The summed E-state index contributed by atoms with van der Waals surface area (Å²) < 4.78 is 1.69. The zero-order chi connectivity index (χ0) is 15.1. The molecule has 0 N–H and O–H groups in total. The molecule has 0 saturated heterocycles. The Labute approximate surface area is 124 Å². The van der Waals surface area contributed by atoms with E-state index in [9.17, 15) is 4.79 Å². The van der Waals surface area contributed by atoms with Crippen molar-refractivity contribution in [3.8, 4) is 11.9 Å². The SMILES string of the molecule is Bc1cc(-n2nc(C)c3c2CCC(B)C3=O)nnc1C#N. The Morgan fingerprint density at radius 1 is 1.48 bits per heavy atom. The fourth-order valence-corrected chi connectivity index (χ4v) is 2.73. The molecule has 102 valence electrons. The molecule has 1 aliphatic rings. The number of aromatic nitrogens is 4. The van der Waals surface area contributed by atoms with Crippen LogP contribution in [-0.2, 0) is 6.42 Å². The molecule has 0 saturated carbocycles. The van der Waals surface area contributed by atoms with Gasteiger partial charge in [-0.15, -0.1) is 10.2 Å². The van der Waals surface area contributed by atoms with Crippen molar-refractivity contribution in [2.24, 2.45) is 0 Å². The lowest BCUT2D eigenvalue weighted by Crippen LogP contribution is -2.21. The monoisotopic (exact) mass is 277 g/mol. The number of carbonyl (C=O) groups is 1. The Balaban J connectivity index is 2.15. The van der Waals surface area contributed by atoms with Crippen molar-refractivity contribution in [2.45, 2.75) is 25.6 Å². The Hall–Kier alpha value is -2.42. The number of hydrogen-bond acceptors (Lipinski definition) is 5. The van der Waals surface area contributed by atoms with Crippen LogP contribution < -0.4 is 5.46 Å². The molecule has 0 aromatic carbocycles. The molecular weight excluding hydrogens is 264 g/mol. The predicted molar refractivity (Wildman–Crippen MR) is 81.7 cm³/mol. The Kier molecular flexibility index (Phi) is 3.13. The van der Waals surface area contributed by atoms with Gasteiger partial charge in [0.25, 0.3) is 0 Å². The zero-order valence-corrected chi connectivity index (χ0v) is 12.2. The van der Waals surface area contributed by atoms with Crippen molar-refractivity contribution in [3.63, 3.8) is 0 Å². The number of nitriles is 1. The fraction of sp³-hybridized carbons (Fsp3) is 0.308. The summed E-state index contributed by atoms with van der Waals surface area (Å²) in [5.74, 6) is 0.749. The van der Waals surface area contributed by atoms with Crippen LogP contribution in [0.15, 0.2) is 6.07 Å². The van der Waals surface area contributed by atoms with Gasteiger partial charge in [0.2, 0.25) is 0 Å². The van der Waals surface area contributed by atoms with Gasteiger partial charge in [-0.25, -0.2) is 4.68 Å². The minimum absolute atomic E-state index is 0.0441. The number of hydrogen-bond donors (Lipinski definition) is 0. The molecule has 0 aliphatic heterocycles. The second-order valence-corrected chi connectivity index (χ2v) is 5.47. The summed E-state index contributed by atoms with van der Waals surface area (Å²) in [7, 11) is 3.76. The third-order valence-electron chi connectivity index (χ3n) is 3.96. The van der Waals surface area contributed by atoms with Crippen LogP contribution in [0.5, 0.6) is 0 Å². The van der Waals surface area contributed by atoms with Crippen LogP contribution in [0.4, 0.5) is 0 Å². The Morgan fingerprint density at radius 3 is 2.90 bits per heavy atom. The first-order chi connectivity index (χ1) is 10.0. The summed E-state index contributed by atoms with van der Waals surface area (Å²) >= 11 is 0. The smallest absolute Gasteiger partial charge is 0.175 e. The van der Waals surface area contributed by atoms with E-state index in [1.165, 1.54) is 0 Å². The first-order valence-corrected chi connectivity index (χ1v) is 6.90. The lowest BCUT2D eigenvalue weighted by Gasteiger charge is -2.18. The summed E-state index contributed by atoms with van der Waals surface area (Å²) in [4.78, 5) is 12.3. The van der Waals surface area contributed by atoms with Crippen molar-refractivity contribution in [3.05, 3.63) is 28.7 Å². The number of carbonyl (C=O) groups excluding carboxylic acids is 1. The van der Waals surface area contributed by atoms with E-state index in [1.807, 2.05) is 28.7 Å². The first-order valence-electron chi connectivity index (χ1n) is 6.90. The number of nitrogens with zero attached hydrogens (tertiary/aromatic N) is 5. The Morgan fingerprint density at radius 2 is 2.24 bits per heavy atom. The highest BCUT2D eigenvalue weighted by Crippen LogP contribution is 2.30. The third kappa shape index (κ3) is 2.05. The molecule has 0 spiro atoms. The van der Waals surface area contributed by atoms with Gasteiger partial charge >= 0.3 is 0 Å². The van der Waals surface area contributed by atoms with Crippen LogP contribution in [0.2, 0.25) is 5.82 Å². The minimum atomic E-state index is 0.0441. The van der Waals surface area contributed by atoms with Crippen LogP contribution in [0.1, 0.15) is 33.9 Å². The number of fused-ring (bicyclic) bond motifs is 1. The van der Waals surface area contributed by atoms with Crippen molar-refractivity contribution in [1.82, 2.24) is 20.0 Å². The van der Waals surface area contributed by atoms with Gasteiger partial charge in [-0.05, 0) is 37.1 Å². The molecule has 0 bridgehead atoms. The predicted octanol–water partition coefficient (Wildman–Crippen LogP) is -1.35. The normalized spacial score (nSPS) is 17.3. The van der Waals surface area contributed by atoms with Gasteiger partial charge in [0.1, 0.15) is 21.8 Å². The largest absolute Gasteiger partial charge is 0.295 e. The molecule has 21 heavy (non-hydrogen) atoms. The van der Waals surface area contributed by atoms with E-state index in [2.05, 4.69) is 15.3 Å². The average molecular weight is 277 g/mol. The van der Waals surface area contributed by atoms with Crippen molar-refractivity contribution in [2.75, 3.05) is 0 Å². The van der Waals surface area contributed by atoms with E-state index in [1.54, 1.807) is 10.7 Å². The highest BCUT2D eigenvalue weighted by molar-refractivity contribution is 6.33. The maximum absolute atomic E-state index is 12.3. The molecule has 0 amide bonds. The van der Waals surface area contributed by atoms with Crippen LogP contribution in [0, 0.1) is 18.3 Å². The van der Waals surface area contributed by atoms with E-state index in [0.717, 1.165) is 35.3 Å². The molecule has 2 aromatic heterocycles. The molecular formula is C13H13B2N5O. The summed E-state index contributed by atoms with van der Waals surface area (Å²) in [6.07, 6.45) is 1.61. The zero-order valence-electron chi connectivity index (χ0n) is 12.2. The molecule has 0 fully saturated rings. The molecule has 0 radical (unpaired) electrons. The first kappa shape index (κ1) is 13.6. The summed E-state index contributed by atoms with van der Waals surface area (Å²) in [5.41, 5.74) is 3.40. The quantitative estimate of drug-likeness (QED) is 0.602. The van der Waals surface area contributed by atoms with Gasteiger partial charge in [0, 0.05) is 0 Å². The second-order valence-electron chi connectivity index (χ2n) is 5.47. The van der Waals surface area contributed by atoms with E-state index in [4.69, 9.17) is 5.26 Å². The van der Waals surface area contributed by atoms with E-state index < -0.39 is 0 Å². The fourth-order valence-electron chi connectivity index (χ4n) is 2.73. The molecule has 2 aromatic rings. The molecule has 2 heterocycles. The average Bonchev–Trinajstić information content (AvgIpc) is 2.80. The van der Waals surface area contributed by atoms with E-state index in [0.29, 0.717) is 11.5 Å². The van der Waals surface area contributed by atoms with Crippen LogP contribution in [-0.4, -0.2) is 41.5 Å². The lowest BCUT2D eigenvalue weighted by molar-refractivity contribution is 0.0972. The van der Waals surface area contributed by atoms with Gasteiger partial charge in [0.05, 0.1) is 17.0 Å². The summed E-state index contributed by atoms with van der Waals surface area (Å²) in [6.45, 7) is 1.84. The summed E-state index contributed by atoms with van der Waals surface area (Å²) in [6, 6.07) is 3.78. The minimum Gasteiger partial charge on any atom is -0.295 e. The maximum atomic E-state index is 12.3.